The molecule has 0 unspecified atom stereocenters. The Balaban J connectivity index is 1.90. The van der Waals surface area contributed by atoms with Gasteiger partial charge in [-0.2, -0.15) is 0 Å². The Morgan fingerprint density at radius 3 is 3.09 bits per heavy atom. The topological polar surface area (TPSA) is 74.2 Å². The lowest BCUT2D eigenvalue weighted by Gasteiger charge is -2.40. The second-order valence-electron chi connectivity index (χ2n) is 6.04. The number of aromatic amines is 1. The SMILES string of the molecule is CN1C[C@@H](NC(N)=O)C=C2c3cccc4[nH]c(Br)c(c34)C[C@H]21. The lowest BCUT2D eigenvalue weighted by Crippen LogP contribution is -2.51. The van der Waals surface area contributed by atoms with Crippen LogP contribution >= 0.6 is 15.9 Å². The number of fused-ring (bicyclic) bond motifs is 2. The van der Waals surface area contributed by atoms with Gasteiger partial charge in [-0.05, 0) is 52.2 Å². The van der Waals surface area contributed by atoms with Crippen LogP contribution in [0.15, 0.2) is 28.9 Å². The fraction of sp³-hybridized carbons (Fsp3) is 0.312. The van der Waals surface area contributed by atoms with Crippen molar-refractivity contribution in [1.29, 1.82) is 0 Å². The number of nitrogens with zero attached hydrogens (tertiary/aromatic N) is 1. The standard InChI is InChI=1S/C16H17BrN4O/c1-21-7-8(19-16(18)22)5-10-9-3-2-4-12-14(9)11(6-13(10)21)15(17)20-12/h2-5,8,13,20H,6-7H2,1H3,(H3,18,19,22)/t8-,13+/m0/s1. The van der Waals surface area contributed by atoms with Crippen molar-refractivity contribution in [3.05, 3.63) is 40.0 Å². The van der Waals surface area contributed by atoms with Crippen molar-refractivity contribution in [2.24, 2.45) is 5.73 Å². The smallest absolute Gasteiger partial charge is 0.312 e. The van der Waals surface area contributed by atoms with Gasteiger partial charge in [0.05, 0.1) is 10.6 Å². The van der Waals surface area contributed by atoms with Crippen LogP contribution in [-0.4, -0.2) is 41.6 Å². The van der Waals surface area contributed by atoms with Crippen LogP contribution in [-0.2, 0) is 6.42 Å². The van der Waals surface area contributed by atoms with E-state index in [4.69, 9.17) is 5.73 Å². The van der Waals surface area contributed by atoms with Gasteiger partial charge in [-0.3, -0.25) is 4.90 Å². The van der Waals surface area contributed by atoms with E-state index in [0.29, 0.717) is 6.04 Å². The highest BCUT2D eigenvalue weighted by Crippen LogP contribution is 2.42. The first-order chi connectivity index (χ1) is 10.5. The van der Waals surface area contributed by atoms with Crippen LogP contribution in [0.2, 0.25) is 0 Å². The molecule has 4 rings (SSSR count). The largest absolute Gasteiger partial charge is 0.352 e. The number of halogens is 1. The van der Waals surface area contributed by atoms with E-state index in [0.717, 1.165) is 23.1 Å². The number of benzene rings is 1. The molecule has 1 aromatic heterocycles. The zero-order valence-corrected chi connectivity index (χ0v) is 13.8. The summed E-state index contributed by atoms with van der Waals surface area (Å²) >= 11 is 3.65. The van der Waals surface area contributed by atoms with Gasteiger partial charge in [0.15, 0.2) is 0 Å². The van der Waals surface area contributed by atoms with E-state index in [1.807, 2.05) is 0 Å². The summed E-state index contributed by atoms with van der Waals surface area (Å²) < 4.78 is 1.07. The van der Waals surface area contributed by atoms with Crippen molar-refractivity contribution in [3.8, 4) is 0 Å². The number of hydrogen-bond donors (Lipinski definition) is 3. The van der Waals surface area contributed by atoms with E-state index in [2.05, 4.69) is 62.5 Å². The Morgan fingerprint density at radius 2 is 2.32 bits per heavy atom. The Labute approximate surface area is 136 Å². The number of aromatic nitrogens is 1. The van der Waals surface area contributed by atoms with Gasteiger partial charge in [-0.1, -0.05) is 18.2 Å². The fourth-order valence-electron chi connectivity index (χ4n) is 3.77. The van der Waals surface area contributed by atoms with Gasteiger partial charge in [0.25, 0.3) is 0 Å². The zero-order valence-electron chi connectivity index (χ0n) is 12.2. The average molecular weight is 361 g/mol. The third-order valence-electron chi connectivity index (χ3n) is 4.67. The summed E-state index contributed by atoms with van der Waals surface area (Å²) in [5.74, 6) is 0. The predicted octanol–water partition coefficient (Wildman–Crippen LogP) is 2.22. The number of rotatable bonds is 1. The number of amides is 2. The molecule has 0 saturated heterocycles. The molecule has 0 saturated carbocycles. The minimum atomic E-state index is -0.479. The second-order valence-corrected chi connectivity index (χ2v) is 6.84. The molecule has 1 aromatic carbocycles. The third kappa shape index (κ3) is 1.98. The number of carbonyl (C=O) groups excluding carboxylic acids is 1. The van der Waals surface area contributed by atoms with Crippen molar-refractivity contribution in [2.75, 3.05) is 13.6 Å². The number of likely N-dealkylation sites (N-methyl/N-ethyl adjacent to an activating group) is 1. The summed E-state index contributed by atoms with van der Waals surface area (Å²) in [5.41, 5.74) is 10.3. The molecule has 2 amide bonds. The minimum Gasteiger partial charge on any atom is -0.352 e. The van der Waals surface area contributed by atoms with E-state index in [1.165, 1.54) is 22.1 Å². The Kier molecular flexibility index (Phi) is 3.06. The molecule has 5 nitrogen and oxygen atoms in total. The van der Waals surface area contributed by atoms with Crippen LogP contribution < -0.4 is 11.1 Å². The van der Waals surface area contributed by atoms with E-state index in [9.17, 15) is 4.79 Å². The van der Waals surface area contributed by atoms with Gasteiger partial charge in [-0.25, -0.2) is 4.79 Å². The maximum absolute atomic E-state index is 11.2. The first-order valence-corrected chi connectivity index (χ1v) is 8.11. The number of H-pyrrole nitrogens is 1. The minimum absolute atomic E-state index is 0.0482. The third-order valence-corrected chi connectivity index (χ3v) is 5.35. The summed E-state index contributed by atoms with van der Waals surface area (Å²) in [7, 11) is 2.10. The number of nitrogens with one attached hydrogen (secondary N) is 2. The highest BCUT2D eigenvalue weighted by molar-refractivity contribution is 9.10. The average Bonchev–Trinajstić information content (AvgIpc) is 2.77. The van der Waals surface area contributed by atoms with Crippen LogP contribution in [0.25, 0.3) is 16.5 Å². The van der Waals surface area contributed by atoms with Gasteiger partial charge in [-0.15, -0.1) is 0 Å². The molecule has 1 aliphatic carbocycles. The quantitative estimate of drug-likeness (QED) is 0.729. The maximum Gasteiger partial charge on any atom is 0.312 e. The van der Waals surface area contributed by atoms with Crippen molar-refractivity contribution >= 4 is 38.4 Å². The molecular formula is C16H17BrN4O. The van der Waals surface area contributed by atoms with E-state index in [1.54, 1.807) is 0 Å². The Hall–Kier alpha value is -1.79. The van der Waals surface area contributed by atoms with Crippen molar-refractivity contribution in [1.82, 2.24) is 15.2 Å². The lowest BCUT2D eigenvalue weighted by atomic mass is 9.81. The number of primary amides is 1. The Bertz CT molecular complexity index is 810. The fourth-order valence-corrected chi connectivity index (χ4v) is 4.34. The van der Waals surface area contributed by atoms with Crippen molar-refractivity contribution in [3.63, 3.8) is 0 Å². The van der Waals surface area contributed by atoms with E-state index < -0.39 is 6.03 Å². The van der Waals surface area contributed by atoms with Gasteiger partial charge >= 0.3 is 6.03 Å². The summed E-state index contributed by atoms with van der Waals surface area (Å²) in [4.78, 5) is 16.9. The second kappa shape index (κ2) is 4.86. The Morgan fingerprint density at radius 1 is 1.50 bits per heavy atom. The molecule has 1 aliphatic heterocycles. The number of hydrogen-bond acceptors (Lipinski definition) is 2. The molecule has 22 heavy (non-hydrogen) atoms. The predicted molar refractivity (Wildman–Crippen MR) is 90.6 cm³/mol. The summed E-state index contributed by atoms with van der Waals surface area (Å²) in [6, 6.07) is 6.13. The highest BCUT2D eigenvalue weighted by atomic mass is 79.9. The number of urea groups is 1. The molecule has 0 radical (unpaired) electrons. The van der Waals surface area contributed by atoms with Gasteiger partial charge in [0.1, 0.15) is 0 Å². The van der Waals surface area contributed by atoms with E-state index in [-0.39, 0.29) is 6.04 Å². The van der Waals surface area contributed by atoms with Crippen LogP contribution in [0, 0.1) is 0 Å². The summed E-state index contributed by atoms with van der Waals surface area (Å²) in [6.07, 6.45) is 3.12. The van der Waals surface area contributed by atoms with Crippen LogP contribution in [0.4, 0.5) is 4.79 Å². The maximum atomic E-state index is 11.2. The number of nitrogens with two attached hydrogens (primary N) is 1. The lowest BCUT2D eigenvalue weighted by molar-refractivity contribution is 0.231. The van der Waals surface area contributed by atoms with Gasteiger partial charge in [0, 0.05) is 23.5 Å². The zero-order chi connectivity index (χ0) is 15.4. The van der Waals surface area contributed by atoms with Crippen LogP contribution in [0.1, 0.15) is 11.1 Å². The molecule has 2 aliphatic rings. The van der Waals surface area contributed by atoms with Crippen molar-refractivity contribution in [2.45, 2.75) is 18.5 Å². The summed E-state index contributed by atoms with van der Waals surface area (Å²) in [6.45, 7) is 0.768. The molecular weight excluding hydrogens is 344 g/mol. The summed E-state index contributed by atoms with van der Waals surface area (Å²) in [5, 5.41) is 4.09. The normalized spacial score (nSPS) is 24.0. The first-order valence-electron chi connectivity index (χ1n) is 7.32. The molecule has 6 heteroatoms. The molecule has 2 aromatic rings. The first kappa shape index (κ1) is 13.8. The highest BCUT2D eigenvalue weighted by Gasteiger charge is 2.34. The molecule has 0 bridgehead atoms. The van der Waals surface area contributed by atoms with Gasteiger partial charge in [0.2, 0.25) is 0 Å². The van der Waals surface area contributed by atoms with Gasteiger partial charge < -0.3 is 16.0 Å². The molecule has 0 fully saturated rings. The monoisotopic (exact) mass is 360 g/mol. The molecule has 2 atom stereocenters. The van der Waals surface area contributed by atoms with Crippen LogP contribution in [0.5, 0.6) is 0 Å². The molecule has 0 spiro atoms. The van der Waals surface area contributed by atoms with Crippen molar-refractivity contribution < 1.29 is 4.79 Å². The van der Waals surface area contributed by atoms with Crippen LogP contribution in [0.3, 0.4) is 0 Å². The number of carbonyl (C=O) groups is 1. The molecule has 114 valence electrons. The van der Waals surface area contributed by atoms with E-state index >= 15 is 0 Å². The molecule has 2 heterocycles. The molecule has 4 N–H and O–H groups in total.